The average molecular weight is 290 g/mol. The summed E-state index contributed by atoms with van der Waals surface area (Å²) in [4.78, 5) is 13.5. The van der Waals surface area contributed by atoms with Gasteiger partial charge >= 0.3 is 0 Å². The monoisotopic (exact) mass is 289 g/mol. The zero-order chi connectivity index (χ0) is 14.1. The molecule has 0 unspecified atom stereocenters. The number of alkyl halides is 1. The van der Waals surface area contributed by atoms with Gasteiger partial charge in [0.05, 0.1) is 6.54 Å². The molecule has 3 aromatic rings. The van der Waals surface area contributed by atoms with Gasteiger partial charge < -0.3 is 9.13 Å². The molecule has 3 rings (SSSR count). The van der Waals surface area contributed by atoms with E-state index in [2.05, 4.69) is 25.6 Å². The molecule has 0 aliphatic rings. The molecule has 0 amide bonds. The van der Waals surface area contributed by atoms with E-state index in [0.717, 1.165) is 34.8 Å². The molecule has 20 heavy (non-hydrogen) atoms. The standard InChI is InChI=1S/C14H16ClN5/c1-10-7-11-14(17-8-10)20(12(18-11)3-4-15)9-13-16-5-6-19(13)2/h5-8H,3-4,9H2,1-2H3. The molecular weight excluding hydrogens is 274 g/mol. The molecule has 0 radical (unpaired) electrons. The zero-order valence-corrected chi connectivity index (χ0v) is 12.3. The van der Waals surface area contributed by atoms with E-state index in [1.54, 1.807) is 6.20 Å². The van der Waals surface area contributed by atoms with E-state index in [-0.39, 0.29) is 0 Å². The fraction of sp³-hybridized carbons (Fsp3) is 0.357. The summed E-state index contributed by atoms with van der Waals surface area (Å²) in [6, 6.07) is 2.05. The van der Waals surface area contributed by atoms with Gasteiger partial charge in [-0.05, 0) is 18.6 Å². The number of nitrogens with zero attached hydrogens (tertiary/aromatic N) is 5. The highest BCUT2D eigenvalue weighted by Crippen LogP contribution is 2.17. The van der Waals surface area contributed by atoms with Gasteiger partial charge in [-0.1, -0.05) is 0 Å². The van der Waals surface area contributed by atoms with Crippen LogP contribution in [0, 0.1) is 6.92 Å². The van der Waals surface area contributed by atoms with Crippen molar-refractivity contribution >= 4 is 22.8 Å². The Labute approximate surface area is 122 Å². The van der Waals surface area contributed by atoms with E-state index in [4.69, 9.17) is 11.6 Å². The Kier molecular flexibility index (Phi) is 3.44. The molecule has 5 nitrogen and oxygen atoms in total. The van der Waals surface area contributed by atoms with Crippen molar-refractivity contribution in [3.05, 3.63) is 41.9 Å². The summed E-state index contributed by atoms with van der Waals surface area (Å²) >= 11 is 5.89. The van der Waals surface area contributed by atoms with Crippen LogP contribution < -0.4 is 0 Å². The number of hydrogen-bond donors (Lipinski definition) is 0. The fourth-order valence-corrected chi connectivity index (χ4v) is 2.46. The topological polar surface area (TPSA) is 48.5 Å². The second-order valence-electron chi connectivity index (χ2n) is 4.86. The predicted octanol–water partition coefficient (Wildman–Crippen LogP) is 2.30. The first-order valence-electron chi connectivity index (χ1n) is 6.53. The van der Waals surface area contributed by atoms with E-state index >= 15 is 0 Å². The largest absolute Gasteiger partial charge is 0.337 e. The number of fused-ring (bicyclic) bond motifs is 1. The van der Waals surface area contributed by atoms with Gasteiger partial charge in [0.25, 0.3) is 0 Å². The molecule has 0 aromatic carbocycles. The van der Waals surface area contributed by atoms with Crippen LogP contribution in [-0.4, -0.2) is 30.0 Å². The van der Waals surface area contributed by atoms with Crippen molar-refractivity contribution in [1.29, 1.82) is 0 Å². The van der Waals surface area contributed by atoms with E-state index in [9.17, 15) is 0 Å². The molecule has 0 bridgehead atoms. The first-order chi connectivity index (χ1) is 9.69. The summed E-state index contributed by atoms with van der Waals surface area (Å²) < 4.78 is 4.10. The molecule has 0 N–H and O–H groups in total. The van der Waals surface area contributed by atoms with Gasteiger partial charge in [0.1, 0.15) is 17.2 Å². The van der Waals surface area contributed by atoms with Gasteiger partial charge in [0.15, 0.2) is 5.65 Å². The number of imidazole rings is 2. The van der Waals surface area contributed by atoms with E-state index in [0.29, 0.717) is 12.4 Å². The SMILES string of the molecule is Cc1cnc2c(c1)nc(CCCl)n2Cc1nccn1C. The lowest BCUT2D eigenvalue weighted by atomic mass is 10.3. The minimum Gasteiger partial charge on any atom is -0.337 e. The molecule has 0 saturated carbocycles. The van der Waals surface area contributed by atoms with Crippen LogP contribution in [0.1, 0.15) is 17.2 Å². The molecular formula is C14H16ClN5. The normalized spacial score (nSPS) is 11.3. The number of halogens is 1. The highest BCUT2D eigenvalue weighted by molar-refractivity contribution is 6.17. The Balaban J connectivity index is 2.11. The van der Waals surface area contributed by atoms with Gasteiger partial charge in [-0.25, -0.2) is 15.0 Å². The van der Waals surface area contributed by atoms with Gasteiger partial charge in [-0.2, -0.15) is 0 Å². The summed E-state index contributed by atoms with van der Waals surface area (Å²) in [5.74, 6) is 2.47. The molecule has 3 heterocycles. The Bertz CT molecular complexity index is 743. The molecule has 0 atom stereocenters. The van der Waals surface area contributed by atoms with Crippen molar-refractivity contribution in [2.75, 3.05) is 5.88 Å². The van der Waals surface area contributed by atoms with Crippen LogP contribution in [0.2, 0.25) is 0 Å². The Hall–Kier alpha value is -1.88. The van der Waals surface area contributed by atoms with Crippen LogP contribution in [0.5, 0.6) is 0 Å². The number of aryl methyl sites for hydroxylation is 3. The second-order valence-corrected chi connectivity index (χ2v) is 5.24. The molecule has 0 aliphatic heterocycles. The van der Waals surface area contributed by atoms with E-state index in [1.165, 1.54) is 0 Å². The highest BCUT2D eigenvalue weighted by atomic mass is 35.5. The quantitative estimate of drug-likeness (QED) is 0.693. The molecule has 0 saturated heterocycles. The number of aromatic nitrogens is 5. The number of hydrogen-bond acceptors (Lipinski definition) is 3. The molecule has 3 aromatic heterocycles. The lowest BCUT2D eigenvalue weighted by Crippen LogP contribution is -2.10. The summed E-state index contributed by atoms with van der Waals surface area (Å²) in [7, 11) is 1.99. The van der Waals surface area contributed by atoms with Crippen molar-refractivity contribution in [1.82, 2.24) is 24.1 Å². The highest BCUT2D eigenvalue weighted by Gasteiger charge is 2.13. The summed E-state index contributed by atoms with van der Waals surface area (Å²) in [5, 5.41) is 0. The second kappa shape index (κ2) is 5.25. The van der Waals surface area contributed by atoms with Crippen molar-refractivity contribution in [2.45, 2.75) is 19.9 Å². The maximum absolute atomic E-state index is 5.89. The minimum atomic E-state index is 0.545. The fourth-order valence-electron chi connectivity index (χ4n) is 2.29. The van der Waals surface area contributed by atoms with E-state index < -0.39 is 0 Å². The van der Waals surface area contributed by atoms with Crippen LogP contribution in [-0.2, 0) is 20.0 Å². The molecule has 0 aliphatic carbocycles. The third-order valence-corrected chi connectivity index (χ3v) is 3.53. The average Bonchev–Trinajstić information content (AvgIpc) is 2.96. The van der Waals surface area contributed by atoms with Gasteiger partial charge in [-0.15, -0.1) is 11.6 Å². The Morgan fingerprint density at radius 2 is 2.10 bits per heavy atom. The van der Waals surface area contributed by atoms with Crippen LogP contribution in [0.25, 0.3) is 11.2 Å². The van der Waals surface area contributed by atoms with Crippen LogP contribution >= 0.6 is 11.6 Å². The minimum absolute atomic E-state index is 0.545. The lowest BCUT2D eigenvalue weighted by Gasteiger charge is -2.08. The maximum atomic E-state index is 5.89. The van der Waals surface area contributed by atoms with Gasteiger partial charge in [0, 0.05) is 37.9 Å². The van der Waals surface area contributed by atoms with Crippen LogP contribution in [0.4, 0.5) is 0 Å². The van der Waals surface area contributed by atoms with Crippen LogP contribution in [0.15, 0.2) is 24.7 Å². The molecule has 104 valence electrons. The smallest absolute Gasteiger partial charge is 0.160 e. The number of pyridine rings is 1. The third kappa shape index (κ3) is 2.29. The zero-order valence-electron chi connectivity index (χ0n) is 11.5. The first kappa shape index (κ1) is 13.1. The van der Waals surface area contributed by atoms with Crippen LogP contribution in [0.3, 0.4) is 0 Å². The predicted molar refractivity (Wildman–Crippen MR) is 79.0 cm³/mol. The summed E-state index contributed by atoms with van der Waals surface area (Å²) in [6.45, 7) is 2.67. The van der Waals surface area contributed by atoms with E-state index in [1.807, 2.05) is 30.9 Å². The summed E-state index contributed by atoms with van der Waals surface area (Å²) in [6.07, 6.45) is 6.32. The van der Waals surface area contributed by atoms with Crippen molar-refractivity contribution in [3.63, 3.8) is 0 Å². The molecule has 6 heteroatoms. The third-order valence-electron chi connectivity index (χ3n) is 3.34. The molecule has 0 spiro atoms. The van der Waals surface area contributed by atoms with Crippen molar-refractivity contribution in [3.8, 4) is 0 Å². The first-order valence-corrected chi connectivity index (χ1v) is 7.06. The van der Waals surface area contributed by atoms with Gasteiger partial charge in [0.2, 0.25) is 0 Å². The van der Waals surface area contributed by atoms with Gasteiger partial charge in [-0.3, -0.25) is 0 Å². The maximum Gasteiger partial charge on any atom is 0.160 e. The lowest BCUT2D eigenvalue weighted by molar-refractivity contribution is 0.678. The van der Waals surface area contributed by atoms with Crippen molar-refractivity contribution in [2.24, 2.45) is 7.05 Å². The number of rotatable bonds is 4. The summed E-state index contributed by atoms with van der Waals surface area (Å²) in [5.41, 5.74) is 2.91. The van der Waals surface area contributed by atoms with Crippen molar-refractivity contribution < 1.29 is 0 Å². The molecule has 0 fully saturated rings. The Morgan fingerprint density at radius 1 is 1.25 bits per heavy atom. The Morgan fingerprint density at radius 3 is 2.80 bits per heavy atom.